The highest BCUT2D eigenvalue weighted by Crippen LogP contribution is 2.34. The summed E-state index contributed by atoms with van der Waals surface area (Å²) in [6.45, 7) is 0.464. The molecule has 4 rings (SSSR count). The Balaban J connectivity index is 1.57. The summed E-state index contributed by atoms with van der Waals surface area (Å²) in [6, 6.07) is 10.8. The molecule has 1 N–H and O–H groups in total. The molecule has 9 nitrogen and oxygen atoms in total. The first-order valence-electron chi connectivity index (χ1n) is 9.85. The van der Waals surface area contributed by atoms with Gasteiger partial charge in [-0.15, -0.1) is 0 Å². The van der Waals surface area contributed by atoms with Crippen LogP contribution in [0.25, 0.3) is 0 Å². The monoisotopic (exact) mass is 455 g/mol. The number of thiocarbonyl (C=S) groups is 1. The van der Waals surface area contributed by atoms with Gasteiger partial charge in [-0.1, -0.05) is 6.07 Å². The van der Waals surface area contributed by atoms with Gasteiger partial charge in [-0.2, -0.15) is 0 Å². The van der Waals surface area contributed by atoms with Crippen molar-refractivity contribution in [3.8, 4) is 11.5 Å². The number of benzene rings is 2. The van der Waals surface area contributed by atoms with E-state index >= 15 is 0 Å². The largest absolute Gasteiger partial charge is 0.465 e. The summed E-state index contributed by atoms with van der Waals surface area (Å²) in [5, 5.41) is 3.24. The lowest BCUT2D eigenvalue weighted by Crippen LogP contribution is -2.48. The molecule has 2 aromatic rings. The predicted octanol–water partition coefficient (Wildman–Crippen LogP) is 1.84. The van der Waals surface area contributed by atoms with Gasteiger partial charge < -0.3 is 24.4 Å². The van der Waals surface area contributed by atoms with Crippen LogP contribution >= 0.6 is 12.2 Å². The second-order valence-electron chi connectivity index (χ2n) is 7.20. The number of ether oxygens (including phenoxy) is 3. The lowest BCUT2D eigenvalue weighted by atomic mass is 10.1. The summed E-state index contributed by atoms with van der Waals surface area (Å²) in [5.74, 6) is 0.0477. The third kappa shape index (κ3) is 3.96. The highest BCUT2D eigenvalue weighted by Gasteiger charge is 2.43. The van der Waals surface area contributed by atoms with Crippen LogP contribution in [-0.4, -0.2) is 54.8 Å². The van der Waals surface area contributed by atoms with Crippen LogP contribution in [0.5, 0.6) is 11.5 Å². The van der Waals surface area contributed by atoms with Gasteiger partial charge in [-0.05, 0) is 54.2 Å². The van der Waals surface area contributed by atoms with E-state index < -0.39 is 12.0 Å². The number of rotatable bonds is 5. The standard InChI is InChI=1S/C22H21N3O6S/c1-23-22(32)24(11-13-3-8-17-18(9-13)31-12-30-17)16-10-19(26)25(20(16)27)15-6-4-14(5-7-15)21(28)29-2/h3-9,16H,10-12H2,1-2H3,(H,23,32). The van der Waals surface area contributed by atoms with Crippen LogP contribution in [-0.2, 0) is 20.9 Å². The fraction of sp³-hybridized carbons (Fsp3) is 0.273. The molecule has 1 atom stereocenters. The Morgan fingerprint density at radius 1 is 1.19 bits per heavy atom. The number of fused-ring (bicyclic) bond motifs is 1. The SMILES string of the molecule is CNC(=S)N(Cc1ccc2c(c1)OCO2)C1CC(=O)N(c2ccc(C(=O)OC)cc2)C1=O. The van der Waals surface area contributed by atoms with E-state index in [-0.39, 0.29) is 25.0 Å². The maximum absolute atomic E-state index is 13.3. The van der Waals surface area contributed by atoms with Gasteiger partial charge in [0.1, 0.15) is 6.04 Å². The zero-order valence-electron chi connectivity index (χ0n) is 17.5. The molecule has 1 unspecified atom stereocenters. The highest BCUT2D eigenvalue weighted by molar-refractivity contribution is 7.80. The van der Waals surface area contributed by atoms with Gasteiger partial charge in [0.15, 0.2) is 16.6 Å². The smallest absolute Gasteiger partial charge is 0.337 e. The lowest BCUT2D eigenvalue weighted by Gasteiger charge is -2.29. The molecule has 0 saturated carbocycles. The Bertz CT molecular complexity index is 1090. The number of amides is 2. The Kier molecular flexibility index (Phi) is 5.95. The highest BCUT2D eigenvalue weighted by atomic mass is 32.1. The summed E-state index contributed by atoms with van der Waals surface area (Å²) in [7, 11) is 2.95. The van der Waals surface area contributed by atoms with E-state index in [2.05, 4.69) is 10.1 Å². The number of hydrogen-bond acceptors (Lipinski definition) is 7. The molecule has 2 aromatic carbocycles. The van der Waals surface area contributed by atoms with Gasteiger partial charge in [0, 0.05) is 13.6 Å². The molecular formula is C22H21N3O6S. The molecule has 0 aliphatic carbocycles. The number of nitrogens with one attached hydrogen (secondary N) is 1. The van der Waals surface area contributed by atoms with Crippen LogP contribution in [0.4, 0.5) is 5.69 Å². The van der Waals surface area contributed by atoms with Crippen molar-refractivity contribution < 1.29 is 28.6 Å². The van der Waals surface area contributed by atoms with Crippen molar-refractivity contribution in [3.05, 3.63) is 53.6 Å². The fourth-order valence-electron chi connectivity index (χ4n) is 3.70. The molecular weight excluding hydrogens is 434 g/mol. The van der Waals surface area contributed by atoms with Gasteiger partial charge in [0.2, 0.25) is 12.7 Å². The first-order valence-corrected chi connectivity index (χ1v) is 10.3. The van der Waals surface area contributed by atoms with Crippen molar-refractivity contribution >= 4 is 40.8 Å². The second kappa shape index (κ2) is 8.83. The summed E-state index contributed by atoms with van der Waals surface area (Å²) in [4.78, 5) is 40.5. The molecule has 0 bridgehead atoms. The van der Waals surface area contributed by atoms with Crippen LogP contribution in [0.1, 0.15) is 22.3 Å². The molecule has 166 valence electrons. The zero-order chi connectivity index (χ0) is 22.8. The van der Waals surface area contributed by atoms with Gasteiger partial charge in [0.25, 0.3) is 5.91 Å². The molecule has 2 heterocycles. The first kappa shape index (κ1) is 21.6. The average molecular weight is 455 g/mol. The van der Waals surface area contributed by atoms with E-state index in [4.69, 9.17) is 21.7 Å². The van der Waals surface area contributed by atoms with E-state index in [1.54, 1.807) is 30.1 Å². The number of carbonyl (C=O) groups excluding carboxylic acids is 3. The Morgan fingerprint density at radius 2 is 1.91 bits per heavy atom. The number of imide groups is 1. The maximum atomic E-state index is 13.3. The fourth-order valence-corrected chi connectivity index (χ4v) is 3.89. The summed E-state index contributed by atoms with van der Waals surface area (Å²) >= 11 is 5.44. The van der Waals surface area contributed by atoms with E-state index in [1.807, 2.05) is 12.1 Å². The molecule has 32 heavy (non-hydrogen) atoms. The van der Waals surface area contributed by atoms with Gasteiger partial charge in [0.05, 0.1) is 24.8 Å². The van der Waals surface area contributed by atoms with Crippen molar-refractivity contribution in [3.63, 3.8) is 0 Å². The number of hydrogen-bond donors (Lipinski definition) is 1. The second-order valence-corrected chi connectivity index (χ2v) is 7.58. The van der Waals surface area contributed by atoms with Crippen molar-refractivity contribution in [2.75, 3.05) is 25.9 Å². The zero-order valence-corrected chi connectivity index (χ0v) is 18.3. The molecule has 0 aromatic heterocycles. The molecule has 2 aliphatic rings. The Hall–Kier alpha value is -3.66. The normalized spacial score (nSPS) is 16.8. The van der Waals surface area contributed by atoms with Crippen LogP contribution in [0.2, 0.25) is 0 Å². The number of nitrogens with zero attached hydrogens (tertiary/aromatic N) is 2. The average Bonchev–Trinajstić information content (AvgIpc) is 3.39. The number of esters is 1. The lowest BCUT2D eigenvalue weighted by molar-refractivity contribution is -0.122. The summed E-state index contributed by atoms with van der Waals surface area (Å²) in [6.07, 6.45) is -0.0239. The minimum absolute atomic E-state index is 0.0239. The topological polar surface area (TPSA) is 97.4 Å². The van der Waals surface area contributed by atoms with E-state index in [0.29, 0.717) is 34.4 Å². The number of anilines is 1. The molecule has 0 spiro atoms. The third-order valence-corrected chi connectivity index (χ3v) is 5.75. The summed E-state index contributed by atoms with van der Waals surface area (Å²) in [5.41, 5.74) is 1.56. The number of methoxy groups -OCH3 is 1. The molecule has 1 saturated heterocycles. The van der Waals surface area contributed by atoms with E-state index in [1.165, 1.54) is 19.2 Å². The maximum Gasteiger partial charge on any atom is 0.337 e. The molecule has 2 amide bonds. The molecule has 2 aliphatic heterocycles. The van der Waals surface area contributed by atoms with Crippen molar-refractivity contribution in [2.24, 2.45) is 0 Å². The van der Waals surface area contributed by atoms with Gasteiger partial charge >= 0.3 is 5.97 Å². The van der Waals surface area contributed by atoms with Gasteiger partial charge in [-0.3, -0.25) is 9.59 Å². The molecule has 0 radical (unpaired) electrons. The minimum atomic E-state index is -0.770. The Labute approximate surface area is 189 Å². The van der Waals surface area contributed by atoms with Crippen LogP contribution < -0.4 is 19.7 Å². The molecule has 1 fully saturated rings. The van der Waals surface area contributed by atoms with Crippen molar-refractivity contribution in [2.45, 2.75) is 19.0 Å². The van der Waals surface area contributed by atoms with Crippen molar-refractivity contribution in [1.29, 1.82) is 0 Å². The van der Waals surface area contributed by atoms with E-state index in [9.17, 15) is 14.4 Å². The third-order valence-electron chi connectivity index (χ3n) is 5.31. The quantitative estimate of drug-likeness (QED) is 0.411. The Morgan fingerprint density at radius 3 is 2.59 bits per heavy atom. The van der Waals surface area contributed by atoms with Crippen LogP contribution in [0, 0.1) is 0 Å². The number of carbonyl (C=O) groups is 3. The minimum Gasteiger partial charge on any atom is -0.465 e. The van der Waals surface area contributed by atoms with E-state index in [0.717, 1.165) is 10.5 Å². The van der Waals surface area contributed by atoms with Gasteiger partial charge in [-0.25, -0.2) is 9.69 Å². The van der Waals surface area contributed by atoms with Crippen molar-refractivity contribution in [1.82, 2.24) is 10.2 Å². The first-order chi connectivity index (χ1) is 15.4. The van der Waals surface area contributed by atoms with Crippen LogP contribution in [0.15, 0.2) is 42.5 Å². The summed E-state index contributed by atoms with van der Waals surface area (Å²) < 4.78 is 15.5. The molecule has 10 heteroatoms. The predicted molar refractivity (Wildman–Crippen MR) is 118 cm³/mol. The van der Waals surface area contributed by atoms with Crippen LogP contribution in [0.3, 0.4) is 0 Å².